The molecule has 0 aliphatic rings. The fraction of sp³-hybridized carbons (Fsp3) is 0.440. The highest BCUT2D eigenvalue weighted by molar-refractivity contribution is 5.93. The van der Waals surface area contributed by atoms with Gasteiger partial charge in [0.2, 0.25) is 0 Å². The van der Waals surface area contributed by atoms with Gasteiger partial charge in [0.15, 0.2) is 13.6 Å². The molecule has 194 valence electrons. The second-order valence-corrected chi connectivity index (χ2v) is 8.02. The fourth-order valence-electron chi connectivity index (χ4n) is 3.01. The van der Waals surface area contributed by atoms with E-state index in [0.29, 0.717) is 11.5 Å². The van der Waals surface area contributed by atoms with E-state index in [0.717, 1.165) is 11.1 Å². The molecule has 0 saturated carbocycles. The topological polar surface area (TPSA) is 141 Å². The molecule has 35 heavy (non-hydrogen) atoms. The zero-order valence-corrected chi connectivity index (χ0v) is 21.1. The number of carbonyl (C=O) groups is 2. The Hall–Kier alpha value is -3.50. The minimum atomic E-state index is -1.16. The summed E-state index contributed by atoms with van der Waals surface area (Å²) in [7, 11) is 4.27. The Labute approximate surface area is 205 Å². The van der Waals surface area contributed by atoms with Crippen molar-refractivity contribution in [1.82, 2.24) is 0 Å². The minimum Gasteiger partial charge on any atom is -0.507 e. The predicted molar refractivity (Wildman–Crippen MR) is 128 cm³/mol. The van der Waals surface area contributed by atoms with Crippen molar-refractivity contribution in [2.75, 3.05) is 34.9 Å². The quantitative estimate of drug-likeness (QED) is 0.320. The first-order chi connectivity index (χ1) is 16.5. The van der Waals surface area contributed by atoms with Crippen molar-refractivity contribution in [3.63, 3.8) is 0 Å². The van der Waals surface area contributed by atoms with Gasteiger partial charge in [-0.3, -0.25) is 0 Å². The van der Waals surface area contributed by atoms with Gasteiger partial charge >= 0.3 is 11.9 Å². The summed E-state index contributed by atoms with van der Waals surface area (Å²) in [6.07, 6.45) is 0. The number of hydrogen-bond acceptors (Lipinski definition) is 9. The van der Waals surface area contributed by atoms with Crippen LogP contribution in [0.15, 0.2) is 24.3 Å². The van der Waals surface area contributed by atoms with Crippen LogP contribution in [0.2, 0.25) is 0 Å². The number of benzene rings is 2. The van der Waals surface area contributed by atoms with Crippen LogP contribution >= 0.6 is 0 Å². The number of carbonyl (C=O) groups excluding carboxylic acids is 1. The van der Waals surface area contributed by atoms with Crippen LogP contribution in [0, 0.1) is 0 Å². The smallest absolute Gasteiger partial charge is 0.341 e. The number of rotatable bonds is 10. The molecule has 3 N–H and O–H groups in total. The number of aromatic carboxylic acids is 1. The molecule has 2 aromatic carbocycles. The van der Waals surface area contributed by atoms with Crippen LogP contribution in [-0.2, 0) is 14.2 Å². The molecule has 0 amide bonds. The Balaban J connectivity index is 0.000000351. The highest BCUT2D eigenvalue weighted by Crippen LogP contribution is 2.34. The number of esters is 1. The van der Waals surface area contributed by atoms with E-state index in [2.05, 4.69) is 4.74 Å². The summed E-state index contributed by atoms with van der Waals surface area (Å²) >= 11 is 0. The highest BCUT2D eigenvalue weighted by atomic mass is 16.7. The Kier molecular flexibility index (Phi) is 11.8. The first-order valence-electron chi connectivity index (χ1n) is 10.8. The van der Waals surface area contributed by atoms with E-state index in [1.807, 2.05) is 27.7 Å². The van der Waals surface area contributed by atoms with E-state index < -0.39 is 11.9 Å². The molecule has 0 saturated heterocycles. The van der Waals surface area contributed by atoms with Crippen LogP contribution < -0.4 is 9.47 Å². The molecule has 2 aromatic rings. The van der Waals surface area contributed by atoms with Crippen molar-refractivity contribution in [3.05, 3.63) is 46.5 Å². The van der Waals surface area contributed by atoms with Gasteiger partial charge in [0.05, 0.1) is 7.11 Å². The molecule has 0 atom stereocenters. The maximum Gasteiger partial charge on any atom is 0.341 e. The maximum atomic E-state index is 11.5. The SMILES string of the molecule is COCOc1cc(O)c(C(=O)O)cc1C(C)C.COCOc1cc(O)c(C(=O)OC)cc1C(C)C. The molecular weight excluding hydrogens is 460 g/mol. The summed E-state index contributed by atoms with van der Waals surface area (Å²) in [4.78, 5) is 22.4. The number of aromatic hydroxyl groups is 2. The first-order valence-corrected chi connectivity index (χ1v) is 10.8. The zero-order valence-electron chi connectivity index (χ0n) is 21.1. The molecule has 0 fully saturated rings. The number of carboxylic acid groups (broad SMARTS) is 1. The largest absolute Gasteiger partial charge is 0.507 e. The van der Waals surface area contributed by atoms with Crippen LogP contribution in [0.1, 0.15) is 71.4 Å². The van der Waals surface area contributed by atoms with Gasteiger partial charge in [0.25, 0.3) is 0 Å². The second-order valence-electron chi connectivity index (χ2n) is 8.02. The molecule has 0 aliphatic heterocycles. The molecule has 0 aliphatic carbocycles. The highest BCUT2D eigenvalue weighted by Gasteiger charge is 2.19. The van der Waals surface area contributed by atoms with Gasteiger partial charge in [-0.05, 0) is 35.1 Å². The number of carboxylic acids is 1. The molecule has 2 rings (SSSR count). The zero-order chi connectivity index (χ0) is 26.7. The first kappa shape index (κ1) is 29.5. The number of hydrogen-bond donors (Lipinski definition) is 3. The fourth-order valence-corrected chi connectivity index (χ4v) is 3.01. The van der Waals surface area contributed by atoms with Gasteiger partial charge in [-0.15, -0.1) is 0 Å². The van der Waals surface area contributed by atoms with Crippen molar-refractivity contribution in [1.29, 1.82) is 0 Å². The molecule has 0 heterocycles. The summed E-state index contributed by atoms with van der Waals surface area (Å²) in [5.74, 6) is -1.07. The molecule has 0 unspecified atom stereocenters. The minimum absolute atomic E-state index is 0.0472. The van der Waals surface area contributed by atoms with Crippen LogP contribution in [0.3, 0.4) is 0 Å². The van der Waals surface area contributed by atoms with Gasteiger partial charge < -0.3 is 39.0 Å². The Bertz CT molecular complexity index is 998. The van der Waals surface area contributed by atoms with Crippen LogP contribution in [0.25, 0.3) is 0 Å². The summed E-state index contributed by atoms with van der Waals surface area (Å²) in [5, 5.41) is 28.3. The number of phenols is 2. The second kappa shape index (κ2) is 14.0. The van der Waals surface area contributed by atoms with E-state index in [9.17, 15) is 19.8 Å². The Morgan fingerprint density at radius 1 is 0.743 bits per heavy atom. The normalized spacial score (nSPS) is 10.5. The number of ether oxygens (including phenoxy) is 5. The van der Waals surface area contributed by atoms with Gasteiger partial charge in [0.1, 0.15) is 34.1 Å². The van der Waals surface area contributed by atoms with Gasteiger partial charge in [-0.25, -0.2) is 9.59 Å². The molecule has 0 spiro atoms. The predicted octanol–water partition coefficient (Wildman–Crippen LogP) is 4.48. The molecular formula is C25H34O10. The lowest BCUT2D eigenvalue weighted by Gasteiger charge is -2.15. The van der Waals surface area contributed by atoms with E-state index in [4.69, 9.17) is 24.1 Å². The lowest BCUT2D eigenvalue weighted by Crippen LogP contribution is -2.07. The summed E-state index contributed by atoms with van der Waals surface area (Å²) < 4.78 is 24.9. The molecule has 10 heteroatoms. The lowest BCUT2D eigenvalue weighted by atomic mass is 9.99. The third-order valence-electron chi connectivity index (χ3n) is 4.80. The number of methoxy groups -OCH3 is 3. The van der Waals surface area contributed by atoms with E-state index in [-0.39, 0.29) is 48.0 Å². The Morgan fingerprint density at radius 3 is 1.49 bits per heavy atom. The van der Waals surface area contributed by atoms with Crippen molar-refractivity contribution in [3.8, 4) is 23.0 Å². The molecule has 0 radical (unpaired) electrons. The van der Waals surface area contributed by atoms with Gasteiger partial charge in [-0.1, -0.05) is 27.7 Å². The van der Waals surface area contributed by atoms with Crippen molar-refractivity contribution < 1.29 is 48.6 Å². The average Bonchev–Trinajstić information content (AvgIpc) is 2.80. The number of phenolic OH excluding ortho intramolecular Hbond substituents is 1. The van der Waals surface area contributed by atoms with Gasteiger partial charge in [0, 0.05) is 26.4 Å². The summed E-state index contributed by atoms with van der Waals surface area (Å²) in [5.41, 5.74) is 1.53. The monoisotopic (exact) mass is 494 g/mol. The lowest BCUT2D eigenvalue weighted by molar-refractivity contribution is 0.0497. The molecule has 0 bridgehead atoms. The van der Waals surface area contributed by atoms with Crippen molar-refractivity contribution in [2.45, 2.75) is 39.5 Å². The Morgan fingerprint density at radius 2 is 1.14 bits per heavy atom. The molecule has 10 nitrogen and oxygen atoms in total. The van der Waals surface area contributed by atoms with Crippen LogP contribution in [0.4, 0.5) is 0 Å². The van der Waals surface area contributed by atoms with E-state index in [1.54, 1.807) is 6.07 Å². The van der Waals surface area contributed by atoms with Crippen LogP contribution in [-0.4, -0.2) is 62.2 Å². The van der Waals surface area contributed by atoms with E-state index >= 15 is 0 Å². The maximum absolute atomic E-state index is 11.5. The summed E-state index contributed by atoms with van der Waals surface area (Å²) in [6.45, 7) is 7.89. The third kappa shape index (κ3) is 8.34. The van der Waals surface area contributed by atoms with Crippen LogP contribution in [0.5, 0.6) is 23.0 Å². The average molecular weight is 495 g/mol. The van der Waals surface area contributed by atoms with Crippen molar-refractivity contribution >= 4 is 11.9 Å². The summed E-state index contributed by atoms with van der Waals surface area (Å²) in [6, 6.07) is 5.71. The van der Waals surface area contributed by atoms with E-state index in [1.165, 1.54) is 39.5 Å². The standard InChI is InChI=1S/C13H18O5.C12H16O5/c1-8(2)9-5-10(13(15)17-4)11(14)6-12(9)18-7-16-3;1-7(2)8-4-9(12(14)15)10(13)5-11(8)17-6-16-3/h5-6,8,14H,7H2,1-4H3;4-5,7,13H,6H2,1-3H3,(H,14,15). The molecule has 0 aromatic heterocycles. The third-order valence-corrected chi connectivity index (χ3v) is 4.80. The van der Waals surface area contributed by atoms with Gasteiger partial charge in [-0.2, -0.15) is 0 Å². The van der Waals surface area contributed by atoms with Crippen molar-refractivity contribution in [2.24, 2.45) is 0 Å².